The number of nitriles is 1. The summed E-state index contributed by atoms with van der Waals surface area (Å²) in [5.74, 6) is 1.48. The highest BCUT2D eigenvalue weighted by Gasteiger charge is 2.13. The van der Waals surface area contributed by atoms with Gasteiger partial charge in [0.1, 0.15) is 5.75 Å². The van der Waals surface area contributed by atoms with Crippen LogP contribution in [-0.2, 0) is 6.54 Å². The van der Waals surface area contributed by atoms with Crippen molar-refractivity contribution >= 4 is 0 Å². The second kappa shape index (κ2) is 8.66. The largest absolute Gasteiger partial charge is 0.496 e. The lowest BCUT2D eigenvalue weighted by Gasteiger charge is -2.24. The first kappa shape index (κ1) is 17.5. The van der Waals surface area contributed by atoms with Gasteiger partial charge in [0, 0.05) is 24.7 Å². The van der Waals surface area contributed by atoms with E-state index in [-0.39, 0.29) is 0 Å². The number of hydrogen-bond donors (Lipinski definition) is 1. The average Bonchev–Trinajstić information content (AvgIpc) is 2.43. The minimum atomic E-state index is 0.426. The van der Waals surface area contributed by atoms with Gasteiger partial charge in [-0.25, -0.2) is 0 Å². The molecule has 0 aliphatic carbocycles. The van der Waals surface area contributed by atoms with Gasteiger partial charge in [-0.15, -0.1) is 0 Å². The van der Waals surface area contributed by atoms with Crippen LogP contribution < -0.4 is 10.1 Å². The van der Waals surface area contributed by atoms with E-state index in [4.69, 9.17) is 10.00 Å². The molecule has 1 aromatic rings. The molecule has 1 atom stereocenters. The summed E-state index contributed by atoms with van der Waals surface area (Å²) in [6.45, 7) is 6.19. The van der Waals surface area contributed by atoms with Crippen LogP contribution in [-0.4, -0.2) is 38.7 Å². The molecule has 1 rings (SSSR count). The maximum atomic E-state index is 9.02. The molecule has 4 nitrogen and oxygen atoms in total. The molecule has 0 fully saturated rings. The zero-order chi connectivity index (χ0) is 15.8. The molecular weight excluding hydrogens is 262 g/mol. The number of nitrogens with zero attached hydrogens (tertiary/aromatic N) is 2. The number of hydrogen-bond acceptors (Lipinski definition) is 4. The Labute approximate surface area is 128 Å². The SMILES string of the molecule is COc1ccc(C#N)cc1CNC(CC(C)C)CN(C)C. The molecule has 1 N–H and O–H groups in total. The summed E-state index contributed by atoms with van der Waals surface area (Å²) in [5, 5.41) is 12.6. The highest BCUT2D eigenvalue weighted by Crippen LogP contribution is 2.20. The minimum Gasteiger partial charge on any atom is -0.496 e. The summed E-state index contributed by atoms with van der Waals surface area (Å²) < 4.78 is 5.38. The molecule has 0 aliphatic heterocycles. The molecule has 0 spiro atoms. The molecule has 116 valence electrons. The lowest BCUT2D eigenvalue weighted by atomic mass is 10.0. The van der Waals surface area contributed by atoms with Crippen molar-refractivity contribution in [2.24, 2.45) is 5.92 Å². The van der Waals surface area contributed by atoms with Gasteiger partial charge in [0.2, 0.25) is 0 Å². The number of likely N-dealkylation sites (N-methyl/N-ethyl adjacent to an activating group) is 1. The lowest BCUT2D eigenvalue weighted by Crippen LogP contribution is -2.38. The zero-order valence-electron chi connectivity index (χ0n) is 13.8. The monoisotopic (exact) mass is 289 g/mol. The second-order valence-corrected chi connectivity index (χ2v) is 6.11. The van der Waals surface area contributed by atoms with Crippen LogP contribution in [0.5, 0.6) is 5.75 Å². The molecule has 0 saturated carbocycles. The zero-order valence-corrected chi connectivity index (χ0v) is 13.8. The van der Waals surface area contributed by atoms with Gasteiger partial charge in [-0.1, -0.05) is 13.8 Å². The van der Waals surface area contributed by atoms with E-state index in [0.29, 0.717) is 24.1 Å². The highest BCUT2D eigenvalue weighted by molar-refractivity contribution is 5.42. The molecule has 0 radical (unpaired) electrons. The van der Waals surface area contributed by atoms with Crippen LogP contribution in [0.15, 0.2) is 18.2 Å². The fraction of sp³-hybridized carbons (Fsp3) is 0.588. The van der Waals surface area contributed by atoms with Gasteiger partial charge >= 0.3 is 0 Å². The predicted octanol–water partition coefficient (Wildman–Crippen LogP) is 2.63. The van der Waals surface area contributed by atoms with Crippen LogP contribution in [0.3, 0.4) is 0 Å². The molecule has 21 heavy (non-hydrogen) atoms. The molecule has 0 aliphatic rings. The molecule has 0 heterocycles. The fourth-order valence-corrected chi connectivity index (χ4v) is 2.47. The normalized spacial score (nSPS) is 12.5. The van der Waals surface area contributed by atoms with Crippen LogP contribution in [0.2, 0.25) is 0 Å². The van der Waals surface area contributed by atoms with Gasteiger partial charge in [0.05, 0.1) is 18.7 Å². The van der Waals surface area contributed by atoms with Gasteiger partial charge < -0.3 is 15.0 Å². The second-order valence-electron chi connectivity index (χ2n) is 6.11. The highest BCUT2D eigenvalue weighted by atomic mass is 16.5. The summed E-state index contributed by atoms with van der Waals surface area (Å²) in [4.78, 5) is 2.20. The Kier molecular flexibility index (Phi) is 7.21. The summed E-state index contributed by atoms with van der Waals surface area (Å²) >= 11 is 0. The summed E-state index contributed by atoms with van der Waals surface area (Å²) in [6, 6.07) is 8.15. The maximum absolute atomic E-state index is 9.02. The van der Waals surface area contributed by atoms with Crippen molar-refractivity contribution in [2.45, 2.75) is 32.9 Å². The van der Waals surface area contributed by atoms with E-state index in [2.05, 4.69) is 44.2 Å². The van der Waals surface area contributed by atoms with E-state index < -0.39 is 0 Å². The molecule has 0 bridgehead atoms. The van der Waals surface area contributed by atoms with E-state index in [9.17, 15) is 0 Å². The average molecular weight is 289 g/mol. The number of ether oxygens (including phenoxy) is 1. The third-order valence-electron chi connectivity index (χ3n) is 3.33. The van der Waals surface area contributed by atoms with Gasteiger partial charge in [0.15, 0.2) is 0 Å². The number of benzene rings is 1. The number of rotatable bonds is 8. The maximum Gasteiger partial charge on any atom is 0.123 e. The lowest BCUT2D eigenvalue weighted by molar-refractivity contribution is 0.303. The van der Waals surface area contributed by atoms with Crippen molar-refractivity contribution in [2.75, 3.05) is 27.7 Å². The molecule has 0 aromatic heterocycles. The molecule has 1 aromatic carbocycles. The van der Waals surface area contributed by atoms with Crippen LogP contribution in [0.4, 0.5) is 0 Å². The third kappa shape index (κ3) is 6.16. The Morgan fingerprint density at radius 1 is 1.33 bits per heavy atom. The molecule has 0 saturated heterocycles. The van der Waals surface area contributed by atoms with Crippen LogP contribution >= 0.6 is 0 Å². The van der Waals surface area contributed by atoms with Crippen molar-refractivity contribution in [3.63, 3.8) is 0 Å². The van der Waals surface area contributed by atoms with Crippen LogP contribution in [0.25, 0.3) is 0 Å². The van der Waals surface area contributed by atoms with Crippen molar-refractivity contribution < 1.29 is 4.74 Å². The summed E-state index contributed by atoms with van der Waals surface area (Å²) in [6.07, 6.45) is 1.12. The van der Waals surface area contributed by atoms with Gasteiger partial charge in [-0.2, -0.15) is 5.26 Å². The van der Waals surface area contributed by atoms with Gasteiger partial charge in [0.25, 0.3) is 0 Å². The van der Waals surface area contributed by atoms with Crippen molar-refractivity contribution in [3.05, 3.63) is 29.3 Å². The first-order chi connectivity index (χ1) is 9.96. The topological polar surface area (TPSA) is 48.3 Å². The van der Waals surface area contributed by atoms with Crippen molar-refractivity contribution in [1.29, 1.82) is 5.26 Å². The van der Waals surface area contributed by atoms with Crippen LogP contribution in [0.1, 0.15) is 31.4 Å². The Bertz CT molecular complexity index is 467. The number of methoxy groups -OCH3 is 1. The third-order valence-corrected chi connectivity index (χ3v) is 3.33. The van der Waals surface area contributed by atoms with Gasteiger partial charge in [-0.05, 0) is 44.6 Å². The Morgan fingerprint density at radius 3 is 2.57 bits per heavy atom. The predicted molar refractivity (Wildman–Crippen MR) is 86.3 cm³/mol. The quantitative estimate of drug-likeness (QED) is 0.799. The smallest absolute Gasteiger partial charge is 0.123 e. The Morgan fingerprint density at radius 2 is 2.05 bits per heavy atom. The van der Waals surface area contributed by atoms with E-state index in [1.807, 2.05) is 12.1 Å². The first-order valence-corrected chi connectivity index (χ1v) is 7.41. The van der Waals surface area contributed by atoms with Crippen LogP contribution in [0, 0.1) is 17.2 Å². The van der Waals surface area contributed by atoms with E-state index in [1.165, 1.54) is 0 Å². The summed E-state index contributed by atoms with van der Waals surface area (Å²) in [5.41, 5.74) is 1.70. The van der Waals surface area contributed by atoms with E-state index >= 15 is 0 Å². The molecule has 0 amide bonds. The first-order valence-electron chi connectivity index (χ1n) is 7.41. The van der Waals surface area contributed by atoms with E-state index in [1.54, 1.807) is 13.2 Å². The van der Waals surface area contributed by atoms with E-state index in [0.717, 1.165) is 24.3 Å². The number of nitrogens with one attached hydrogen (secondary N) is 1. The Balaban J connectivity index is 2.76. The minimum absolute atomic E-state index is 0.426. The Hall–Kier alpha value is -1.57. The summed E-state index contributed by atoms with van der Waals surface area (Å²) in [7, 11) is 5.84. The van der Waals surface area contributed by atoms with Crippen molar-refractivity contribution in [3.8, 4) is 11.8 Å². The molecule has 4 heteroatoms. The van der Waals surface area contributed by atoms with Gasteiger partial charge in [-0.3, -0.25) is 0 Å². The fourth-order valence-electron chi connectivity index (χ4n) is 2.47. The van der Waals surface area contributed by atoms with Crippen molar-refractivity contribution in [1.82, 2.24) is 10.2 Å². The molecular formula is C17H27N3O. The standard InChI is InChI=1S/C17H27N3O/c1-13(2)8-16(12-20(3)4)19-11-15-9-14(10-18)6-7-17(15)21-5/h6-7,9,13,16,19H,8,11-12H2,1-5H3. The molecule has 1 unspecified atom stereocenters.